The van der Waals surface area contributed by atoms with Gasteiger partial charge in [-0.2, -0.15) is 0 Å². The van der Waals surface area contributed by atoms with Gasteiger partial charge in [0.05, 0.1) is 4.86 Å². The first-order valence-electron chi connectivity index (χ1n) is 4.52. The summed E-state index contributed by atoms with van der Waals surface area (Å²) in [5.41, 5.74) is 1.60. The van der Waals surface area contributed by atoms with Gasteiger partial charge in [-0.05, 0) is 13.0 Å². The Hall–Kier alpha value is -1.61. The molecule has 0 saturated carbocycles. The van der Waals surface area contributed by atoms with Crippen molar-refractivity contribution in [1.29, 1.82) is 0 Å². The van der Waals surface area contributed by atoms with E-state index in [1.165, 1.54) is 13.0 Å². The zero-order valence-corrected chi connectivity index (χ0v) is 8.93. The van der Waals surface area contributed by atoms with Crippen LogP contribution in [-0.4, -0.2) is 16.4 Å². The van der Waals surface area contributed by atoms with Crippen molar-refractivity contribution in [3.63, 3.8) is 0 Å². The fraction of sp³-hybridized carbons (Fsp3) is 0.0833. The Kier molecular flexibility index (Phi) is 2.32. The highest BCUT2D eigenvalue weighted by Gasteiger charge is 2.23. The minimum atomic E-state index is -0.164. The lowest BCUT2D eigenvalue weighted by Gasteiger charge is -2.14. The Balaban J connectivity index is 2.64. The van der Waals surface area contributed by atoms with E-state index in [4.69, 9.17) is 12.2 Å². The molecule has 1 aliphatic rings. The molecule has 15 heavy (non-hydrogen) atoms. The van der Waals surface area contributed by atoms with Gasteiger partial charge >= 0.3 is 0 Å². The quantitative estimate of drug-likeness (QED) is 0.674. The Morgan fingerprint density at radius 3 is 2.40 bits per heavy atom. The second-order valence-electron chi connectivity index (χ2n) is 3.35. The van der Waals surface area contributed by atoms with Gasteiger partial charge in [0.1, 0.15) is 0 Å². The summed E-state index contributed by atoms with van der Waals surface area (Å²) >= 11 is 5.17. The van der Waals surface area contributed by atoms with Crippen LogP contribution in [0, 0.1) is 0 Å². The molecular weight excluding hydrogens is 208 g/mol. The van der Waals surface area contributed by atoms with Crippen molar-refractivity contribution in [2.24, 2.45) is 0 Å². The average Bonchev–Trinajstić information content (AvgIpc) is 2.23. The highest BCUT2D eigenvalue weighted by atomic mass is 32.1. The smallest absolute Gasteiger partial charge is 0.187 e. The minimum absolute atomic E-state index is 0.149. The molecule has 0 fully saturated rings. The molecule has 74 valence electrons. The van der Waals surface area contributed by atoms with Crippen LogP contribution in [-0.2, 0) is 4.79 Å². The fourth-order valence-electron chi connectivity index (χ4n) is 1.58. The Bertz CT molecular complexity index is 512. The van der Waals surface area contributed by atoms with Gasteiger partial charge in [-0.15, -0.1) is 0 Å². The first-order valence-corrected chi connectivity index (χ1v) is 4.93. The van der Waals surface area contributed by atoms with Gasteiger partial charge in [-0.3, -0.25) is 9.59 Å². The molecule has 0 atom stereocenters. The summed E-state index contributed by atoms with van der Waals surface area (Å²) in [6.07, 6.45) is 1.33. The number of benzene rings is 1. The molecule has 2 nitrogen and oxygen atoms in total. The van der Waals surface area contributed by atoms with E-state index >= 15 is 0 Å². The number of hydrogen-bond donors (Lipinski definition) is 0. The fourth-order valence-corrected chi connectivity index (χ4v) is 1.96. The number of carbonyl (C=O) groups is 2. The molecule has 0 aliphatic heterocycles. The molecule has 0 radical (unpaired) electrons. The number of thiocarbonyl (C=S) groups is 1. The molecule has 0 aromatic heterocycles. The van der Waals surface area contributed by atoms with E-state index in [0.717, 1.165) is 0 Å². The zero-order chi connectivity index (χ0) is 11.0. The molecule has 3 heteroatoms. The van der Waals surface area contributed by atoms with Crippen LogP contribution < -0.4 is 0 Å². The third-order valence-electron chi connectivity index (χ3n) is 2.34. The second kappa shape index (κ2) is 3.51. The van der Waals surface area contributed by atoms with E-state index in [1.807, 2.05) is 6.07 Å². The van der Waals surface area contributed by atoms with E-state index in [9.17, 15) is 9.59 Å². The van der Waals surface area contributed by atoms with Crippen molar-refractivity contribution in [3.05, 3.63) is 47.0 Å². The zero-order valence-electron chi connectivity index (χ0n) is 8.11. The molecule has 0 bridgehead atoms. The van der Waals surface area contributed by atoms with Gasteiger partial charge in [0, 0.05) is 16.7 Å². The Labute approximate surface area is 92.6 Å². The largest absolute Gasteiger partial charge is 0.294 e. The van der Waals surface area contributed by atoms with E-state index in [2.05, 4.69) is 0 Å². The Morgan fingerprint density at radius 2 is 1.80 bits per heavy atom. The predicted octanol–water partition coefficient (Wildman–Crippen LogP) is 2.12. The first kappa shape index (κ1) is 9.93. The van der Waals surface area contributed by atoms with Crippen LogP contribution in [0.3, 0.4) is 0 Å². The summed E-state index contributed by atoms with van der Waals surface area (Å²) in [5, 5.41) is 0. The first-order chi connectivity index (χ1) is 7.11. The van der Waals surface area contributed by atoms with Crippen molar-refractivity contribution in [3.8, 4) is 0 Å². The van der Waals surface area contributed by atoms with Crippen LogP contribution in [0.2, 0.25) is 0 Å². The molecule has 1 aromatic carbocycles. The molecule has 0 heterocycles. The maximum atomic E-state index is 11.7. The van der Waals surface area contributed by atoms with E-state index in [-0.39, 0.29) is 11.6 Å². The molecule has 0 N–H and O–H groups in total. The highest BCUT2D eigenvalue weighted by Crippen LogP contribution is 2.22. The van der Waals surface area contributed by atoms with Crippen molar-refractivity contribution < 1.29 is 9.59 Å². The summed E-state index contributed by atoms with van der Waals surface area (Å²) in [5.74, 6) is -0.313. The molecule has 1 aromatic rings. The minimum Gasteiger partial charge on any atom is -0.294 e. The Morgan fingerprint density at radius 1 is 1.20 bits per heavy atom. The monoisotopic (exact) mass is 216 g/mol. The van der Waals surface area contributed by atoms with Crippen molar-refractivity contribution in [2.45, 2.75) is 6.92 Å². The number of rotatable bonds is 1. The normalized spacial score (nSPS) is 14.6. The van der Waals surface area contributed by atoms with Crippen molar-refractivity contribution in [1.82, 2.24) is 0 Å². The number of allylic oxidation sites excluding steroid dienone is 2. The molecule has 0 saturated heterocycles. The standard InChI is InChI=1S/C12H8O2S/c1-7(13)10-6-11(14)8-4-2-3-5-9(8)12(10)15/h2-6H,1H3. The van der Waals surface area contributed by atoms with Crippen LogP contribution >= 0.6 is 12.2 Å². The molecule has 0 unspecified atom stereocenters. The maximum Gasteiger partial charge on any atom is 0.187 e. The molecule has 2 rings (SSSR count). The van der Waals surface area contributed by atoms with Gasteiger partial charge in [0.2, 0.25) is 0 Å². The summed E-state index contributed by atoms with van der Waals surface area (Å²) in [6.45, 7) is 1.42. The number of hydrogen-bond acceptors (Lipinski definition) is 3. The summed E-state index contributed by atoms with van der Waals surface area (Å²) in [7, 11) is 0. The number of carbonyl (C=O) groups excluding carboxylic acids is 2. The topological polar surface area (TPSA) is 34.1 Å². The third-order valence-corrected chi connectivity index (χ3v) is 2.78. The molecule has 0 spiro atoms. The van der Waals surface area contributed by atoms with Crippen LogP contribution in [0.1, 0.15) is 22.8 Å². The van der Waals surface area contributed by atoms with Crippen LogP contribution in [0.25, 0.3) is 0 Å². The third kappa shape index (κ3) is 1.55. The van der Waals surface area contributed by atoms with E-state index in [0.29, 0.717) is 21.6 Å². The number of fused-ring (bicyclic) bond motifs is 1. The predicted molar refractivity (Wildman–Crippen MR) is 61.2 cm³/mol. The lowest BCUT2D eigenvalue weighted by atomic mass is 9.89. The van der Waals surface area contributed by atoms with Gasteiger partial charge in [-0.1, -0.05) is 36.5 Å². The van der Waals surface area contributed by atoms with Crippen LogP contribution in [0.5, 0.6) is 0 Å². The van der Waals surface area contributed by atoms with E-state index in [1.54, 1.807) is 18.2 Å². The van der Waals surface area contributed by atoms with Crippen LogP contribution in [0.15, 0.2) is 35.9 Å². The summed E-state index contributed by atoms with van der Waals surface area (Å²) < 4.78 is 0. The lowest BCUT2D eigenvalue weighted by molar-refractivity contribution is -0.113. The SMILES string of the molecule is CC(=O)C1=CC(=O)c2ccccc2C1=S. The second-order valence-corrected chi connectivity index (χ2v) is 3.76. The van der Waals surface area contributed by atoms with Crippen LogP contribution in [0.4, 0.5) is 0 Å². The van der Waals surface area contributed by atoms with E-state index < -0.39 is 0 Å². The summed E-state index contributed by atoms with van der Waals surface area (Å²) in [4.78, 5) is 23.4. The van der Waals surface area contributed by atoms with Gasteiger partial charge < -0.3 is 0 Å². The average molecular weight is 216 g/mol. The maximum absolute atomic E-state index is 11.7. The highest BCUT2D eigenvalue weighted by molar-refractivity contribution is 7.81. The lowest BCUT2D eigenvalue weighted by Crippen LogP contribution is -2.19. The van der Waals surface area contributed by atoms with Crippen molar-refractivity contribution in [2.75, 3.05) is 0 Å². The molecular formula is C12H8O2S. The number of Topliss-reactive ketones (excluding diaryl/α,β-unsaturated/α-hetero) is 1. The van der Waals surface area contributed by atoms with Gasteiger partial charge in [-0.25, -0.2) is 0 Å². The molecule has 1 aliphatic carbocycles. The molecule has 0 amide bonds. The summed E-state index contributed by atoms with van der Waals surface area (Å²) in [6, 6.07) is 7.08. The van der Waals surface area contributed by atoms with Gasteiger partial charge in [0.25, 0.3) is 0 Å². The number of ketones is 2. The van der Waals surface area contributed by atoms with Crippen molar-refractivity contribution >= 4 is 28.6 Å². The van der Waals surface area contributed by atoms with Gasteiger partial charge in [0.15, 0.2) is 11.6 Å².